The fourth-order valence-corrected chi connectivity index (χ4v) is 4.56. The van der Waals surface area contributed by atoms with Crippen molar-refractivity contribution < 1.29 is 27.2 Å². The van der Waals surface area contributed by atoms with E-state index in [0.717, 1.165) is 11.1 Å². The Hall–Kier alpha value is -1.74. The van der Waals surface area contributed by atoms with Crippen LogP contribution in [0.15, 0.2) is 30.3 Å². The molecule has 0 aromatic heterocycles. The SMILES string of the molecule is CC(C)(C)ON(C=O)Cc1ccc(N2CC[C@](c3cc(Cl)c(Cl)c(Cl)c3)(C(F)(F)F)C2)cc1F. The maximum Gasteiger partial charge on any atom is 0.400 e. The van der Waals surface area contributed by atoms with Crippen molar-refractivity contribution in [2.75, 3.05) is 18.0 Å². The Labute approximate surface area is 210 Å². The minimum absolute atomic E-state index is 0.0169. The van der Waals surface area contributed by atoms with Crippen LogP contribution in [0.25, 0.3) is 0 Å². The van der Waals surface area contributed by atoms with Crippen LogP contribution in [0.2, 0.25) is 15.1 Å². The first-order valence-electron chi connectivity index (χ1n) is 10.3. The molecule has 1 fully saturated rings. The number of carbonyl (C=O) groups is 1. The Morgan fingerprint density at radius 2 is 1.74 bits per heavy atom. The molecule has 11 heteroatoms. The Balaban J connectivity index is 1.88. The molecule has 186 valence electrons. The highest BCUT2D eigenvalue weighted by Gasteiger charge is 2.59. The summed E-state index contributed by atoms with van der Waals surface area (Å²) in [5.41, 5.74) is -2.57. The van der Waals surface area contributed by atoms with Gasteiger partial charge in [0.05, 0.1) is 27.2 Å². The first kappa shape index (κ1) is 26.9. The molecule has 2 aromatic carbocycles. The van der Waals surface area contributed by atoms with Gasteiger partial charge in [0.25, 0.3) is 0 Å². The molecule has 0 radical (unpaired) electrons. The van der Waals surface area contributed by atoms with E-state index >= 15 is 0 Å². The summed E-state index contributed by atoms with van der Waals surface area (Å²) in [7, 11) is 0. The van der Waals surface area contributed by atoms with Crippen LogP contribution in [0.3, 0.4) is 0 Å². The Kier molecular flexibility index (Phi) is 7.68. The van der Waals surface area contributed by atoms with E-state index in [1.807, 2.05) is 0 Å². The molecule has 1 saturated heterocycles. The number of halogens is 7. The van der Waals surface area contributed by atoms with E-state index in [1.54, 1.807) is 20.8 Å². The van der Waals surface area contributed by atoms with Gasteiger partial charge in [0.1, 0.15) is 11.2 Å². The molecule has 0 spiro atoms. The maximum atomic E-state index is 14.8. The van der Waals surface area contributed by atoms with Crippen molar-refractivity contribution in [3.63, 3.8) is 0 Å². The van der Waals surface area contributed by atoms with Gasteiger partial charge in [-0.15, -0.1) is 0 Å². The minimum atomic E-state index is -4.62. The van der Waals surface area contributed by atoms with Crippen LogP contribution in [0, 0.1) is 5.82 Å². The molecule has 0 saturated carbocycles. The Bertz CT molecular complexity index is 1050. The van der Waals surface area contributed by atoms with Gasteiger partial charge in [-0.1, -0.05) is 40.9 Å². The predicted molar refractivity (Wildman–Crippen MR) is 125 cm³/mol. The number of hydrogen-bond donors (Lipinski definition) is 0. The summed E-state index contributed by atoms with van der Waals surface area (Å²) in [6.45, 7) is 4.65. The van der Waals surface area contributed by atoms with E-state index < -0.39 is 29.6 Å². The lowest BCUT2D eigenvalue weighted by molar-refractivity contribution is -0.220. The van der Waals surface area contributed by atoms with Gasteiger partial charge in [0.15, 0.2) is 0 Å². The van der Waals surface area contributed by atoms with Crippen molar-refractivity contribution in [3.05, 3.63) is 62.3 Å². The summed E-state index contributed by atoms with van der Waals surface area (Å²) < 4.78 is 57.9. The zero-order valence-electron chi connectivity index (χ0n) is 18.6. The van der Waals surface area contributed by atoms with E-state index in [-0.39, 0.29) is 51.4 Å². The molecule has 1 aliphatic heterocycles. The zero-order chi connectivity index (χ0) is 25.5. The van der Waals surface area contributed by atoms with Gasteiger partial charge in [-0.05, 0) is 57.0 Å². The van der Waals surface area contributed by atoms with E-state index in [1.165, 1.54) is 29.2 Å². The van der Waals surface area contributed by atoms with Crippen LogP contribution >= 0.6 is 34.8 Å². The summed E-state index contributed by atoms with van der Waals surface area (Å²) in [6, 6.07) is 6.46. The van der Waals surface area contributed by atoms with Gasteiger partial charge in [-0.3, -0.25) is 9.63 Å². The van der Waals surface area contributed by atoms with Crippen molar-refractivity contribution in [3.8, 4) is 0 Å². The monoisotopic (exact) mass is 540 g/mol. The zero-order valence-corrected chi connectivity index (χ0v) is 20.9. The summed E-state index contributed by atoms with van der Waals surface area (Å²) in [5, 5.41) is 0.811. The fraction of sp³-hybridized carbons (Fsp3) is 0.435. The quantitative estimate of drug-likeness (QED) is 0.168. The molecule has 3 rings (SSSR count). The Morgan fingerprint density at radius 1 is 1.12 bits per heavy atom. The van der Waals surface area contributed by atoms with E-state index in [0.29, 0.717) is 6.41 Å². The number of anilines is 1. The molecular formula is C23H23Cl3F4N2O2. The normalized spacial score (nSPS) is 18.9. The Morgan fingerprint density at radius 3 is 2.24 bits per heavy atom. The standard InChI is InChI=1S/C23H23Cl3F4N2O2/c1-21(2,3)34-32(13-33)11-14-4-5-16(10-19(14)27)31-7-6-22(12-31,23(28,29)30)15-8-17(24)20(26)18(25)9-15/h4-5,8-10,13H,6-7,11-12H2,1-3H3/t22-/m0/s1. The number of alkyl halides is 3. The number of benzene rings is 2. The van der Waals surface area contributed by atoms with Crippen LogP contribution in [-0.2, 0) is 21.6 Å². The summed E-state index contributed by atoms with van der Waals surface area (Å²) in [6.07, 6.45) is -4.44. The molecule has 1 aliphatic rings. The average Bonchev–Trinajstić information content (AvgIpc) is 3.18. The second kappa shape index (κ2) is 9.72. The number of carbonyl (C=O) groups excluding carboxylic acids is 1. The molecular weight excluding hydrogens is 519 g/mol. The van der Waals surface area contributed by atoms with Crippen LogP contribution in [-0.4, -0.2) is 36.3 Å². The van der Waals surface area contributed by atoms with Gasteiger partial charge < -0.3 is 4.90 Å². The summed E-state index contributed by atoms with van der Waals surface area (Å²) in [4.78, 5) is 18.2. The molecule has 4 nitrogen and oxygen atoms in total. The van der Waals surface area contributed by atoms with Crippen molar-refractivity contribution in [1.82, 2.24) is 5.06 Å². The summed E-state index contributed by atoms with van der Waals surface area (Å²) in [5.74, 6) is -0.663. The van der Waals surface area contributed by atoms with Gasteiger partial charge >= 0.3 is 6.18 Å². The largest absolute Gasteiger partial charge is 0.400 e. The molecule has 0 unspecified atom stereocenters. The van der Waals surface area contributed by atoms with Gasteiger partial charge in [0, 0.05) is 24.3 Å². The minimum Gasteiger partial charge on any atom is -0.370 e. The van der Waals surface area contributed by atoms with Gasteiger partial charge in [-0.25, -0.2) is 9.45 Å². The van der Waals surface area contributed by atoms with E-state index in [4.69, 9.17) is 39.6 Å². The highest BCUT2D eigenvalue weighted by atomic mass is 35.5. The van der Waals surface area contributed by atoms with Gasteiger partial charge in [-0.2, -0.15) is 13.2 Å². The molecule has 0 N–H and O–H groups in total. The van der Waals surface area contributed by atoms with E-state index in [2.05, 4.69) is 0 Å². The third-order valence-electron chi connectivity index (χ3n) is 5.58. The molecule has 1 heterocycles. The fourth-order valence-electron chi connectivity index (χ4n) is 3.96. The second-order valence-electron chi connectivity index (χ2n) is 9.17. The smallest absolute Gasteiger partial charge is 0.370 e. The third-order valence-corrected chi connectivity index (χ3v) is 6.78. The lowest BCUT2D eigenvalue weighted by atomic mass is 9.79. The lowest BCUT2D eigenvalue weighted by Crippen LogP contribution is -2.45. The topological polar surface area (TPSA) is 32.8 Å². The molecule has 0 bridgehead atoms. The van der Waals surface area contributed by atoms with Crippen LogP contribution in [0.5, 0.6) is 0 Å². The number of amides is 1. The maximum absolute atomic E-state index is 14.8. The number of hydroxylamine groups is 2. The van der Waals surface area contributed by atoms with Gasteiger partial charge in [0.2, 0.25) is 6.41 Å². The molecule has 0 aliphatic carbocycles. The van der Waals surface area contributed by atoms with Crippen LogP contribution in [0.1, 0.15) is 38.3 Å². The molecule has 2 aromatic rings. The van der Waals surface area contributed by atoms with Crippen molar-refractivity contribution >= 4 is 46.9 Å². The molecule has 1 amide bonds. The van der Waals surface area contributed by atoms with E-state index in [9.17, 15) is 22.4 Å². The first-order chi connectivity index (χ1) is 15.7. The van der Waals surface area contributed by atoms with Crippen molar-refractivity contribution in [2.24, 2.45) is 0 Å². The average molecular weight is 542 g/mol. The van der Waals surface area contributed by atoms with Crippen molar-refractivity contribution in [2.45, 2.75) is 50.9 Å². The highest BCUT2D eigenvalue weighted by Crippen LogP contribution is 2.50. The first-order valence-corrected chi connectivity index (χ1v) is 11.5. The van der Waals surface area contributed by atoms with Crippen LogP contribution < -0.4 is 4.90 Å². The molecule has 34 heavy (non-hydrogen) atoms. The second-order valence-corrected chi connectivity index (χ2v) is 10.4. The number of hydrogen-bond acceptors (Lipinski definition) is 3. The van der Waals surface area contributed by atoms with Crippen molar-refractivity contribution in [1.29, 1.82) is 0 Å². The van der Waals surface area contributed by atoms with Crippen LogP contribution in [0.4, 0.5) is 23.2 Å². The predicted octanol–water partition coefficient (Wildman–Crippen LogP) is 7.18. The highest BCUT2D eigenvalue weighted by molar-refractivity contribution is 6.48. The lowest BCUT2D eigenvalue weighted by Gasteiger charge is -2.33. The number of rotatable bonds is 6. The third kappa shape index (κ3) is 5.56. The number of nitrogens with zero attached hydrogens (tertiary/aromatic N) is 2. The summed E-state index contributed by atoms with van der Waals surface area (Å²) >= 11 is 17.9. The molecule has 1 atom stereocenters.